The van der Waals surface area contributed by atoms with Crippen LogP contribution in [0, 0.1) is 5.82 Å². The zero-order valence-corrected chi connectivity index (χ0v) is 16.9. The number of halogens is 1. The number of thiazole rings is 1. The normalized spacial score (nSPS) is 12.8. The summed E-state index contributed by atoms with van der Waals surface area (Å²) >= 11 is -1.10. The van der Waals surface area contributed by atoms with Gasteiger partial charge in [-0.15, -0.1) is 11.3 Å². The maximum atomic E-state index is 13.2. The van der Waals surface area contributed by atoms with Crippen molar-refractivity contribution in [3.8, 4) is 0 Å². The van der Waals surface area contributed by atoms with Crippen LogP contribution in [0.1, 0.15) is 22.1 Å². The number of amides is 2. The van der Waals surface area contributed by atoms with E-state index in [1.165, 1.54) is 18.3 Å². The molecule has 0 spiro atoms. The highest BCUT2D eigenvalue weighted by atomic mass is 32.2. The predicted molar refractivity (Wildman–Crippen MR) is 111 cm³/mol. The number of nitrogens with one attached hydrogen (secondary N) is 3. The Bertz CT molecular complexity index is 1010. The Morgan fingerprint density at radius 3 is 2.83 bits per heavy atom. The molecule has 2 unspecified atom stereocenters. The fourth-order valence-corrected chi connectivity index (χ4v) is 4.05. The Kier molecular flexibility index (Phi) is 6.86. The van der Waals surface area contributed by atoms with Crippen molar-refractivity contribution in [2.24, 2.45) is 0 Å². The highest BCUT2D eigenvalue weighted by Gasteiger charge is 2.24. The Morgan fingerprint density at radius 2 is 2.17 bits per heavy atom. The van der Waals surface area contributed by atoms with E-state index in [4.69, 9.17) is 0 Å². The van der Waals surface area contributed by atoms with Gasteiger partial charge < -0.3 is 15.2 Å². The highest BCUT2D eigenvalue weighted by molar-refractivity contribution is 7.79. The first-order chi connectivity index (χ1) is 14.0. The minimum atomic E-state index is -2.22. The molecule has 0 aliphatic heterocycles. The minimum absolute atomic E-state index is 0.147. The average Bonchev–Trinajstić information content (AvgIpc) is 3.14. The molecular formula is C18H18FN5O3S2. The Morgan fingerprint density at radius 1 is 1.34 bits per heavy atom. The van der Waals surface area contributed by atoms with E-state index in [0.717, 1.165) is 11.3 Å². The second kappa shape index (κ2) is 9.54. The number of carbonyl (C=O) groups excluding carboxylic acids is 1. The summed E-state index contributed by atoms with van der Waals surface area (Å²) in [6.07, 6.45) is 1.50. The zero-order chi connectivity index (χ0) is 20.8. The third-order valence-electron chi connectivity index (χ3n) is 3.90. The molecule has 0 aliphatic carbocycles. The second-order valence-corrected chi connectivity index (χ2v) is 7.78. The lowest BCUT2D eigenvalue weighted by Crippen LogP contribution is -2.28. The van der Waals surface area contributed by atoms with Crippen LogP contribution in [0.5, 0.6) is 0 Å². The number of hydrogen-bond acceptors (Lipinski definition) is 6. The molecule has 4 N–H and O–H groups in total. The van der Waals surface area contributed by atoms with E-state index in [1.807, 2.05) is 0 Å². The lowest BCUT2D eigenvalue weighted by atomic mass is 10.1. The van der Waals surface area contributed by atoms with Gasteiger partial charge in [-0.2, -0.15) is 0 Å². The van der Waals surface area contributed by atoms with E-state index in [9.17, 15) is 17.9 Å². The monoisotopic (exact) mass is 435 g/mol. The van der Waals surface area contributed by atoms with E-state index in [-0.39, 0.29) is 17.5 Å². The molecule has 8 nitrogen and oxygen atoms in total. The number of carbonyl (C=O) groups is 1. The van der Waals surface area contributed by atoms with E-state index in [0.29, 0.717) is 22.6 Å². The van der Waals surface area contributed by atoms with Gasteiger partial charge in [-0.05, 0) is 29.3 Å². The van der Waals surface area contributed by atoms with Gasteiger partial charge in [0.25, 0.3) is 0 Å². The molecule has 1 aromatic carbocycles. The smallest absolute Gasteiger partial charge is 0.321 e. The molecule has 2 aromatic heterocycles. The van der Waals surface area contributed by atoms with Crippen LogP contribution in [0.25, 0.3) is 0 Å². The number of aromatic nitrogens is 2. The molecular weight excluding hydrogens is 417 g/mol. The summed E-state index contributed by atoms with van der Waals surface area (Å²) in [7, 11) is 1.72. The maximum absolute atomic E-state index is 13.2. The van der Waals surface area contributed by atoms with Crippen LogP contribution >= 0.6 is 11.3 Å². The molecule has 0 fully saturated rings. The van der Waals surface area contributed by atoms with Crippen LogP contribution in [-0.2, 0) is 17.6 Å². The first kappa shape index (κ1) is 20.8. The minimum Gasteiger partial charge on any atom is -0.373 e. The fraction of sp³-hybridized carbons (Fsp3) is 0.167. The number of nitrogens with zero attached hydrogens (tertiary/aromatic N) is 2. The van der Waals surface area contributed by atoms with Crippen molar-refractivity contribution < 1.29 is 17.9 Å². The first-order valence-electron chi connectivity index (χ1n) is 8.44. The summed E-state index contributed by atoms with van der Waals surface area (Å²) in [5.74, 6) is 0.251. The third-order valence-corrected chi connectivity index (χ3v) is 5.59. The van der Waals surface area contributed by atoms with E-state index >= 15 is 0 Å². The van der Waals surface area contributed by atoms with Crippen LogP contribution in [0.3, 0.4) is 0 Å². The van der Waals surface area contributed by atoms with E-state index in [1.54, 1.807) is 36.7 Å². The van der Waals surface area contributed by atoms with Crippen molar-refractivity contribution >= 4 is 39.4 Å². The van der Waals surface area contributed by atoms with Crippen molar-refractivity contribution in [3.63, 3.8) is 0 Å². The molecule has 2 atom stereocenters. The molecule has 11 heteroatoms. The van der Waals surface area contributed by atoms with Gasteiger partial charge in [-0.3, -0.25) is 5.32 Å². The largest absolute Gasteiger partial charge is 0.373 e. The summed E-state index contributed by atoms with van der Waals surface area (Å²) in [4.78, 5) is 20.5. The standard InChI is InChI=1S/C18H18FN5O3S2/c1-20-15-6-5-12(9-21-15)16(29(26)27)14-10-28-18(23-14)24-17(25)22-8-11-3-2-4-13(19)7-11/h2-7,9-10,16H,8H2,1H3,(H,20,21)(H,26,27)(H2,22,23,24,25). The van der Waals surface area contributed by atoms with E-state index < -0.39 is 22.4 Å². The number of urea groups is 1. The van der Waals surface area contributed by atoms with Gasteiger partial charge in [-0.1, -0.05) is 18.2 Å². The van der Waals surface area contributed by atoms with Crippen LogP contribution in [0.15, 0.2) is 48.0 Å². The fourth-order valence-electron chi connectivity index (χ4n) is 2.53. The molecule has 0 aliphatic rings. The lowest BCUT2D eigenvalue weighted by molar-refractivity contribution is 0.251. The van der Waals surface area contributed by atoms with E-state index in [2.05, 4.69) is 25.9 Å². The Labute approximate surface area is 172 Å². The Balaban J connectivity index is 1.66. The topological polar surface area (TPSA) is 116 Å². The van der Waals surface area contributed by atoms with Gasteiger partial charge in [0.2, 0.25) is 0 Å². The molecule has 0 radical (unpaired) electrons. The summed E-state index contributed by atoms with van der Waals surface area (Å²) in [5.41, 5.74) is 1.49. The molecule has 2 amide bonds. The molecule has 0 saturated heterocycles. The van der Waals surface area contributed by atoms with Crippen molar-refractivity contribution in [3.05, 3.63) is 70.6 Å². The molecule has 29 heavy (non-hydrogen) atoms. The van der Waals surface area contributed by atoms with Gasteiger partial charge in [0.15, 0.2) is 16.2 Å². The van der Waals surface area contributed by atoms with Gasteiger partial charge >= 0.3 is 6.03 Å². The number of rotatable bonds is 7. The number of anilines is 2. The second-order valence-electron chi connectivity index (χ2n) is 5.90. The summed E-state index contributed by atoms with van der Waals surface area (Å²) in [6.45, 7) is 0.147. The van der Waals surface area contributed by atoms with Crippen molar-refractivity contribution in [1.82, 2.24) is 15.3 Å². The molecule has 152 valence electrons. The Hall–Kier alpha value is -2.89. The molecule has 0 bridgehead atoms. The highest BCUT2D eigenvalue weighted by Crippen LogP contribution is 2.30. The van der Waals surface area contributed by atoms with Crippen molar-refractivity contribution in [1.29, 1.82) is 0 Å². The first-order valence-corrected chi connectivity index (χ1v) is 10.5. The summed E-state index contributed by atoms with van der Waals surface area (Å²) in [6, 6.07) is 8.78. The number of hydrogen-bond donors (Lipinski definition) is 4. The molecule has 0 saturated carbocycles. The lowest BCUT2D eigenvalue weighted by Gasteiger charge is -2.11. The summed E-state index contributed by atoms with van der Waals surface area (Å²) in [5, 5.41) is 9.03. The van der Waals surface area contributed by atoms with Crippen LogP contribution in [0.4, 0.5) is 20.1 Å². The van der Waals surface area contributed by atoms with Crippen LogP contribution in [-0.4, -0.2) is 31.8 Å². The zero-order valence-electron chi connectivity index (χ0n) is 15.3. The van der Waals surface area contributed by atoms with Crippen molar-refractivity contribution in [2.45, 2.75) is 11.8 Å². The van der Waals surface area contributed by atoms with Crippen LogP contribution in [0.2, 0.25) is 0 Å². The van der Waals surface area contributed by atoms with Gasteiger partial charge in [-0.25, -0.2) is 23.4 Å². The molecule has 3 rings (SSSR count). The van der Waals surface area contributed by atoms with Gasteiger partial charge in [0.05, 0.1) is 5.69 Å². The van der Waals surface area contributed by atoms with Gasteiger partial charge in [0, 0.05) is 25.2 Å². The van der Waals surface area contributed by atoms with Gasteiger partial charge in [0.1, 0.15) is 16.9 Å². The third kappa shape index (κ3) is 5.56. The average molecular weight is 436 g/mol. The number of pyridine rings is 1. The molecule has 2 heterocycles. The summed E-state index contributed by atoms with van der Waals surface area (Å²) < 4.78 is 34.8. The van der Waals surface area contributed by atoms with Crippen LogP contribution < -0.4 is 16.0 Å². The molecule has 3 aromatic rings. The number of benzene rings is 1. The SMILES string of the molecule is CNc1ccc(C(c2csc(NC(=O)NCc3cccc(F)c3)n2)S(=O)O)cn1. The predicted octanol–water partition coefficient (Wildman–Crippen LogP) is 3.35. The maximum Gasteiger partial charge on any atom is 0.321 e. The van der Waals surface area contributed by atoms with Crippen molar-refractivity contribution in [2.75, 3.05) is 17.7 Å². The quantitative estimate of drug-likeness (QED) is 0.423.